The second kappa shape index (κ2) is 10.3. The average molecular weight is 439 g/mol. The molecule has 0 saturated heterocycles. The number of carboxylic acids is 1. The topological polar surface area (TPSA) is 54.3 Å². The van der Waals surface area contributed by atoms with Gasteiger partial charge in [0.15, 0.2) is 0 Å². The molecule has 4 aromatic rings. The standard InChI is InChI=1S/C29H30N2O2/c1-3-22-15-17-24(18-16-22)20-31-27-12-8-7-11-25(27)26(28(31)29(32)33)19-30-21(2)13-14-23-9-5-4-6-10-23/h3-12,15-18,21,30H,1,13-14,19-20H2,2H3,(H,32,33). The molecular weight excluding hydrogens is 408 g/mol. The number of nitrogens with one attached hydrogen (secondary N) is 1. The number of para-hydroxylation sites is 1. The van der Waals surface area contributed by atoms with Crippen LogP contribution in [-0.2, 0) is 19.5 Å². The molecule has 2 N–H and O–H groups in total. The van der Waals surface area contributed by atoms with E-state index in [4.69, 9.17) is 0 Å². The van der Waals surface area contributed by atoms with Gasteiger partial charge in [0.25, 0.3) is 0 Å². The molecule has 0 radical (unpaired) electrons. The Morgan fingerprint density at radius 2 is 1.70 bits per heavy atom. The fourth-order valence-corrected chi connectivity index (χ4v) is 4.31. The highest BCUT2D eigenvalue weighted by Crippen LogP contribution is 2.28. The molecule has 0 aliphatic rings. The van der Waals surface area contributed by atoms with Gasteiger partial charge in [-0.15, -0.1) is 0 Å². The molecule has 4 heteroatoms. The minimum Gasteiger partial charge on any atom is -0.477 e. The van der Waals surface area contributed by atoms with Crippen LogP contribution >= 0.6 is 0 Å². The highest BCUT2D eigenvalue weighted by atomic mass is 16.4. The number of aryl methyl sites for hydroxylation is 1. The smallest absolute Gasteiger partial charge is 0.352 e. The van der Waals surface area contributed by atoms with E-state index in [1.165, 1.54) is 5.56 Å². The summed E-state index contributed by atoms with van der Waals surface area (Å²) in [6.45, 7) is 6.98. The van der Waals surface area contributed by atoms with Crippen molar-refractivity contribution in [3.05, 3.63) is 113 Å². The van der Waals surface area contributed by atoms with Crippen molar-refractivity contribution in [1.29, 1.82) is 0 Å². The van der Waals surface area contributed by atoms with Gasteiger partial charge >= 0.3 is 5.97 Å². The first-order chi connectivity index (χ1) is 16.1. The van der Waals surface area contributed by atoms with Crippen molar-refractivity contribution >= 4 is 22.9 Å². The normalized spacial score (nSPS) is 12.0. The van der Waals surface area contributed by atoms with Crippen LogP contribution in [0.25, 0.3) is 17.0 Å². The lowest BCUT2D eigenvalue weighted by Crippen LogP contribution is -2.27. The van der Waals surface area contributed by atoms with E-state index in [1.807, 2.05) is 59.2 Å². The summed E-state index contributed by atoms with van der Waals surface area (Å²) in [5.41, 5.74) is 5.55. The minimum atomic E-state index is -0.900. The van der Waals surface area contributed by atoms with Gasteiger partial charge in [-0.2, -0.15) is 0 Å². The molecule has 0 amide bonds. The minimum absolute atomic E-state index is 0.264. The van der Waals surface area contributed by atoms with E-state index in [1.54, 1.807) is 6.08 Å². The van der Waals surface area contributed by atoms with Crippen LogP contribution in [0, 0.1) is 0 Å². The zero-order chi connectivity index (χ0) is 23.2. The maximum absolute atomic E-state index is 12.4. The van der Waals surface area contributed by atoms with Crippen molar-refractivity contribution in [1.82, 2.24) is 9.88 Å². The maximum atomic E-state index is 12.4. The molecule has 0 aliphatic heterocycles. The fraction of sp³-hybridized carbons (Fsp3) is 0.207. The highest BCUT2D eigenvalue weighted by Gasteiger charge is 2.22. The van der Waals surface area contributed by atoms with Gasteiger partial charge in [0, 0.05) is 35.6 Å². The second-order valence-electron chi connectivity index (χ2n) is 8.49. The summed E-state index contributed by atoms with van der Waals surface area (Å²) in [4.78, 5) is 12.4. The van der Waals surface area contributed by atoms with Crippen molar-refractivity contribution < 1.29 is 9.90 Å². The Morgan fingerprint density at radius 1 is 1.00 bits per heavy atom. The Morgan fingerprint density at radius 3 is 2.39 bits per heavy atom. The van der Waals surface area contributed by atoms with E-state index < -0.39 is 5.97 Å². The summed E-state index contributed by atoms with van der Waals surface area (Å²) in [6.07, 6.45) is 3.78. The van der Waals surface area contributed by atoms with Crippen molar-refractivity contribution in [3.63, 3.8) is 0 Å². The van der Waals surface area contributed by atoms with Gasteiger partial charge in [0.2, 0.25) is 0 Å². The number of hydrogen-bond acceptors (Lipinski definition) is 2. The van der Waals surface area contributed by atoms with Gasteiger partial charge < -0.3 is 15.0 Å². The predicted molar refractivity (Wildman–Crippen MR) is 136 cm³/mol. The molecule has 0 fully saturated rings. The molecule has 3 aromatic carbocycles. The summed E-state index contributed by atoms with van der Waals surface area (Å²) in [5, 5.41) is 14.7. The number of rotatable bonds is 10. The first kappa shape index (κ1) is 22.6. The Labute approximate surface area is 195 Å². The summed E-state index contributed by atoms with van der Waals surface area (Å²) >= 11 is 0. The summed E-state index contributed by atoms with van der Waals surface area (Å²) in [5.74, 6) is -0.900. The molecule has 0 saturated carbocycles. The molecule has 0 aliphatic carbocycles. The molecule has 4 rings (SSSR count). The van der Waals surface area contributed by atoms with Crippen molar-refractivity contribution in [2.45, 2.75) is 38.9 Å². The zero-order valence-electron chi connectivity index (χ0n) is 19.0. The predicted octanol–water partition coefficient (Wildman–Crippen LogP) is 6.14. The first-order valence-electron chi connectivity index (χ1n) is 11.4. The van der Waals surface area contributed by atoms with Crippen LogP contribution < -0.4 is 5.32 Å². The monoisotopic (exact) mass is 438 g/mol. The maximum Gasteiger partial charge on any atom is 0.352 e. The van der Waals surface area contributed by atoms with Crippen LogP contribution in [0.5, 0.6) is 0 Å². The molecular formula is C29H30N2O2. The van der Waals surface area contributed by atoms with Gasteiger partial charge in [0.1, 0.15) is 5.69 Å². The lowest BCUT2D eigenvalue weighted by atomic mass is 10.1. The van der Waals surface area contributed by atoms with E-state index in [9.17, 15) is 9.90 Å². The van der Waals surface area contributed by atoms with Gasteiger partial charge in [-0.1, -0.05) is 85.5 Å². The first-order valence-corrected chi connectivity index (χ1v) is 11.4. The Balaban J connectivity index is 1.58. The molecule has 33 heavy (non-hydrogen) atoms. The molecule has 0 spiro atoms. The van der Waals surface area contributed by atoms with Crippen molar-refractivity contribution in [3.8, 4) is 0 Å². The number of carbonyl (C=O) groups is 1. The largest absolute Gasteiger partial charge is 0.477 e. The van der Waals surface area contributed by atoms with E-state index in [0.717, 1.165) is 40.4 Å². The Kier molecular flexibility index (Phi) is 7.06. The Hall–Kier alpha value is -3.63. The number of benzene rings is 3. The summed E-state index contributed by atoms with van der Waals surface area (Å²) in [7, 11) is 0. The molecule has 1 unspecified atom stereocenters. The molecule has 1 aromatic heterocycles. The van der Waals surface area contributed by atoms with Crippen LogP contribution in [0.1, 0.15) is 46.1 Å². The fourth-order valence-electron chi connectivity index (χ4n) is 4.31. The number of aromatic carboxylic acids is 1. The number of nitrogens with zero attached hydrogens (tertiary/aromatic N) is 1. The van der Waals surface area contributed by atoms with Gasteiger partial charge in [0.05, 0.1) is 0 Å². The van der Waals surface area contributed by atoms with E-state index in [0.29, 0.717) is 18.8 Å². The van der Waals surface area contributed by atoms with Crippen LogP contribution in [0.3, 0.4) is 0 Å². The highest BCUT2D eigenvalue weighted by molar-refractivity contribution is 5.98. The average Bonchev–Trinajstić information content (AvgIpc) is 3.16. The van der Waals surface area contributed by atoms with Crippen LogP contribution in [0.2, 0.25) is 0 Å². The molecule has 4 nitrogen and oxygen atoms in total. The second-order valence-corrected chi connectivity index (χ2v) is 8.49. The molecule has 1 atom stereocenters. The molecule has 168 valence electrons. The van der Waals surface area contributed by atoms with Gasteiger partial charge in [-0.05, 0) is 42.5 Å². The van der Waals surface area contributed by atoms with E-state index in [2.05, 4.69) is 43.1 Å². The summed E-state index contributed by atoms with van der Waals surface area (Å²) < 4.78 is 1.92. The molecule has 1 heterocycles. The van der Waals surface area contributed by atoms with Crippen molar-refractivity contribution in [2.75, 3.05) is 0 Å². The number of carboxylic acid groups (broad SMARTS) is 1. The van der Waals surface area contributed by atoms with Crippen LogP contribution in [-0.4, -0.2) is 21.7 Å². The van der Waals surface area contributed by atoms with E-state index >= 15 is 0 Å². The number of hydrogen-bond donors (Lipinski definition) is 2. The van der Waals surface area contributed by atoms with Crippen LogP contribution in [0.15, 0.2) is 85.4 Å². The van der Waals surface area contributed by atoms with Gasteiger partial charge in [-0.3, -0.25) is 0 Å². The lowest BCUT2D eigenvalue weighted by molar-refractivity contribution is 0.0684. The zero-order valence-corrected chi connectivity index (χ0v) is 19.0. The quantitative estimate of drug-likeness (QED) is 0.313. The lowest BCUT2D eigenvalue weighted by Gasteiger charge is -2.15. The molecule has 0 bridgehead atoms. The van der Waals surface area contributed by atoms with Crippen LogP contribution in [0.4, 0.5) is 0 Å². The SMILES string of the molecule is C=Cc1ccc(Cn2c(C(=O)O)c(CNC(C)CCc3ccccc3)c3ccccc32)cc1. The van der Waals surface area contributed by atoms with E-state index in [-0.39, 0.29) is 6.04 Å². The third-order valence-corrected chi connectivity index (χ3v) is 6.17. The number of aromatic nitrogens is 1. The Bertz CT molecular complexity index is 1240. The van der Waals surface area contributed by atoms with Crippen molar-refractivity contribution in [2.24, 2.45) is 0 Å². The third kappa shape index (κ3) is 5.24. The summed E-state index contributed by atoms with van der Waals surface area (Å²) in [6, 6.07) is 26.7. The third-order valence-electron chi connectivity index (χ3n) is 6.17. The number of fused-ring (bicyclic) bond motifs is 1. The van der Waals surface area contributed by atoms with Gasteiger partial charge in [-0.25, -0.2) is 4.79 Å².